The average Bonchev–Trinajstić information content (AvgIpc) is 2.83. The number of unbranched alkanes of at least 4 members (excludes halogenated alkanes) is 3. The van der Waals surface area contributed by atoms with Crippen molar-refractivity contribution in [3.8, 4) is 33.9 Å². The molecule has 0 saturated carbocycles. The van der Waals surface area contributed by atoms with E-state index in [-0.39, 0.29) is 0 Å². The monoisotopic (exact) mass is 472 g/mol. The highest BCUT2D eigenvalue weighted by Crippen LogP contribution is 2.23. The van der Waals surface area contributed by atoms with Gasteiger partial charge in [0, 0.05) is 40.4 Å². The molecule has 0 saturated heterocycles. The van der Waals surface area contributed by atoms with Gasteiger partial charge in [-0.3, -0.25) is 0 Å². The molecule has 2 aromatic carbocycles. The van der Waals surface area contributed by atoms with Gasteiger partial charge in [0.2, 0.25) is 0 Å². The van der Waals surface area contributed by atoms with E-state index < -0.39 is 0 Å². The van der Waals surface area contributed by atoms with E-state index in [9.17, 15) is 0 Å². The van der Waals surface area contributed by atoms with Crippen molar-refractivity contribution in [3.05, 3.63) is 83.4 Å². The molecule has 0 aliphatic heterocycles. The molecule has 2 heterocycles. The van der Waals surface area contributed by atoms with Crippen molar-refractivity contribution in [2.24, 2.45) is 0 Å². The van der Waals surface area contributed by atoms with Crippen LogP contribution in [0.25, 0.3) is 33.9 Å². The molecule has 0 radical (unpaired) electrons. The highest BCUT2D eigenvalue weighted by molar-refractivity contribution is 9.10. The molecule has 0 atom stereocenters. The van der Waals surface area contributed by atoms with Gasteiger partial charge in [-0.15, -0.1) is 0 Å². The van der Waals surface area contributed by atoms with Crippen LogP contribution in [0.1, 0.15) is 38.2 Å². The van der Waals surface area contributed by atoms with E-state index in [1.807, 2.05) is 36.7 Å². The second kappa shape index (κ2) is 10.4. The van der Waals surface area contributed by atoms with E-state index in [0.29, 0.717) is 11.6 Å². The molecule has 0 N–H and O–H groups in total. The minimum absolute atomic E-state index is 0.620. The fourth-order valence-electron chi connectivity index (χ4n) is 3.44. The Morgan fingerprint density at radius 1 is 0.581 bits per heavy atom. The van der Waals surface area contributed by atoms with Crippen LogP contribution in [-0.2, 0) is 6.42 Å². The molecule has 4 nitrogen and oxygen atoms in total. The molecule has 0 bridgehead atoms. The first-order chi connectivity index (χ1) is 15.2. The predicted molar refractivity (Wildman–Crippen MR) is 129 cm³/mol. The van der Waals surface area contributed by atoms with Gasteiger partial charge in [0.1, 0.15) is 0 Å². The lowest BCUT2D eigenvalue weighted by atomic mass is 10.0. The van der Waals surface area contributed by atoms with Gasteiger partial charge in [0.05, 0.1) is 5.56 Å². The summed E-state index contributed by atoms with van der Waals surface area (Å²) in [6.07, 6.45) is 13.5. The summed E-state index contributed by atoms with van der Waals surface area (Å²) >= 11 is 3.46. The van der Waals surface area contributed by atoms with Gasteiger partial charge in [-0.25, -0.2) is 19.9 Å². The largest absolute Gasteiger partial charge is 0.236 e. The number of aryl methyl sites for hydroxylation is 1. The minimum Gasteiger partial charge on any atom is -0.236 e. The Labute approximate surface area is 192 Å². The highest BCUT2D eigenvalue weighted by atomic mass is 79.9. The summed E-state index contributed by atoms with van der Waals surface area (Å²) < 4.78 is 1.05. The number of aromatic nitrogens is 4. The maximum absolute atomic E-state index is 4.54. The Kier molecular flexibility index (Phi) is 7.15. The maximum Gasteiger partial charge on any atom is 0.162 e. The van der Waals surface area contributed by atoms with Crippen molar-refractivity contribution >= 4 is 15.9 Å². The summed E-state index contributed by atoms with van der Waals surface area (Å²) in [7, 11) is 0. The summed E-state index contributed by atoms with van der Waals surface area (Å²) in [5.41, 5.74) is 5.25. The zero-order chi connectivity index (χ0) is 21.5. The van der Waals surface area contributed by atoms with Crippen LogP contribution in [-0.4, -0.2) is 19.9 Å². The standard InChI is InChI=1S/C26H25BrN4/c1-2-3-4-5-6-19-7-9-21(10-8-19)25-30-17-23(18-31-25)26-28-15-22(16-29-26)20-11-13-24(27)14-12-20/h7-18H,2-6H2,1H3. The van der Waals surface area contributed by atoms with Crippen molar-refractivity contribution in [1.29, 1.82) is 0 Å². The van der Waals surface area contributed by atoms with E-state index in [2.05, 4.69) is 67.1 Å². The quantitative estimate of drug-likeness (QED) is 0.255. The summed E-state index contributed by atoms with van der Waals surface area (Å²) in [4.78, 5) is 18.1. The highest BCUT2D eigenvalue weighted by Gasteiger charge is 2.07. The van der Waals surface area contributed by atoms with Crippen LogP contribution < -0.4 is 0 Å². The van der Waals surface area contributed by atoms with E-state index in [1.165, 1.54) is 31.2 Å². The van der Waals surface area contributed by atoms with E-state index in [4.69, 9.17) is 0 Å². The number of hydrogen-bond acceptors (Lipinski definition) is 4. The molecular weight excluding hydrogens is 448 g/mol. The Morgan fingerprint density at radius 2 is 1.13 bits per heavy atom. The summed E-state index contributed by atoms with van der Waals surface area (Å²) in [6, 6.07) is 16.7. The van der Waals surface area contributed by atoms with Crippen molar-refractivity contribution < 1.29 is 0 Å². The van der Waals surface area contributed by atoms with Crippen LogP contribution in [0.3, 0.4) is 0 Å². The first kappa shape index (κ1) is 21.3. The summed E-state index contributed by atoms with van der Waals surface area (Å²) in [5.74, 6) is 1.34. The van der Waals surface area contributed by atoms with Crippen LogP contribution in [0.4, 0.5) is 0 Å². The molecule has 4 rings (SSSR count). The van der Waals surface area contributed by atoms with Gasteiger partial charge in [-0.05, 0) is 36.1 Å². The molecule has 0 aliphatic carbocycles. The third kappa shape index (κ3) is 5.61. The zero-order valence-corrected chi connectivity index (χ0v) is 19.2. The van der Waals surface area contributed by atoms with Gasteiger partial charge < -0.3 is 0 Å². The summed E-state index contributed by atoms with van der Waals surface area (Å²) in [5, 5.41) is 0. The molecule has 0 unspecified atom stereocenters. The number of nitrogens with zero attached hydrogens (tertiary/aromatic N) is 4. The molecule has 2 aromatic heterocycles. The zero-order valence-electron chi connectivity index (χ0n) is 17.6. The van der Waals surface area contributed by atoms with E-state index >= 15 is 0 Å². The molecule has 31 heavy (non-hydrogen) atoms. The number of hydrogen-bond donors (Lipinski definition) is 0. The third-order valence-electron chi connectivity index (χ3n) is 5.27. The SMILES string of the molecule is CCCCCCc1ccc(-c2ncc(-c3ncc(-c4ccc(Br)cc4)cn3)cn2)cc1. The maximum atomic E-state index is 4.54. The van der Waals surface area contributed by atoms with Gasteiger partial charge >= 0.3 is 0 Å². The van der Waals surface area contributed by atoms with Crippen LogP contribution in [0, 0.1) is 0 Å². The lowest BCUT2D eigenvalue weighted by Gasteiger charge is -2.05. The smallest absolute Gasteiger partial charge is 0.162 e. The number of rotatable bonds is 8. The third-order valence-corrected chi connectivity index (χ3v) is 5.80. The van der Waals surface area contributed by atoms with Gasteiger partial charge in [0.15, 0.2) is 11.6 Å². The van der Waals surface area contributed by atoms with Crippen LogP contribution >= 0.6 is 15.9 Å². The second-order valence-corrected chi connectivity index (χ2v) is 8.52. The Bertz CT molecular complexity index is 1090. The van der Waals surface area contributed by atoms with E-state index in [1.54, 1.807) is 12.4 Å². The second-order valence-electron chi connectivity index (χ2n) is 7.61. The van der Waals surface area contributed by atoms with Crippen LogP contribution in [0.2, 0.25) is 0 Å². The van der Waals surface area contributed by atoms with Gasteiger partial charge in [-0.2, -0.15) is 0 Å². The Balaban J connectivity index is 1.42. The first-order valence-corrected chi connectivity index (χ1v) is 11.5. The van der Waals surface area contributed by atoms with Gasteiger partial charge in [-0.1, -0.05) is 78.5 Å². The van der Waals surface area contributed by atoms with Gasteiger partial charge in [0.25, 0.3) is 0 Å². The van der Waals surface area contributed by atoms with Crippen molar-refractivity contribution in [2.75, 3.05) is 0 Å². The van der Waals surface area contributed by atoms with Crippen molar-refractivity contribution in [3.63, 3.8) is 0 Å². The van der Waals surface area contributed by atoms with Crippen LogP contribution in [0.5, 0.6) is 0 Å². The lowest BCUT2D eigenvalue weighted by molar-refractivity contribution is 0.667. The molecular formula is C26H25BrN4. The van der Waals surface area contributed by atoms with Crippen molar-refractivity contribution in [2.45, 2.75) is 39.0 Å². The Morgan fingerprint density at radius 3 is 1.74 bits per heavy atom. The molecule has 4 aromatic rings. The predicted octanol–water partition coefficient (Wildman–Crippen LogP) is 7.15. The molecule has 0 aliphatic rings. The summed E-state index contributed by atoms with van der Waals surface area (Å²) in [6.45, 7) is 2.24. The van der Waals surface area contributed by atoms with Crippen molar-refractivity contribution in [1.82, 2.24) is 19.9 Å². The van der Waals surface area contributed by atoms with E-state index in [0.717, 1.165) is 33.1 Å². The molecule has 5 heteroatoms. The number of benzene rings is 2. The molecule has 0 spiro atoms. The fraction of sp³-hybridized carbons (Fsp3) is 0.231. The lowest BCUT2D eigenvalue weighted by Crippen LogP contribution is -1.94. The normalized spacial score (nSPS) is 10.9. The average molecular weight is 473 g/mol. The topological polar surface area (TPSA) is 51.6 Å². The molecule has 0 fully saturated rings. The number of halogens is 1. The molecule has 0 amide bonds. The Hall–Kier alpha value is -2.92. The van der Waals surface area contributed by atoms with Crippen LogP contribution in [0.15, 0.2) is 77.8 Å². The fourth-order valence-corrected chi connectivity index (χ4v) is 3.70. The first-order valence-electron chi connectivity index (χ1n) is 10.7. The minimum atomic E-state index is 0.620. The molecule has 156 valence electrons.